The first-order valence-corrected chi connectivity index (χ1v) is 12.3. The maximum absolute atomic E-state index is 13.5. The van der Waals surface area contributed by atoms with Crippen LogP contribution >= 0.6 is 11.8 Å². The number of thioether (sulfide) groups is 1. The number of anilines is 2. The summed E-state index contributed by atoms with van der Waals surface area (Å²) in [6.07, 6.45) is 3.62. The Morgan fingerprint density at radius 1 is 1.17 bits per heavy atom. The molecule has 0 atom stereocenters. The Bertz CT molecular complexity index is 1270. The molecule has 2 aliphatic rings. The molecule has 36 heavy (non-hydrogen) atoms. The van der Waals surface area contributed by atoms with Crippen molar-refractivity contribution in [1.29, 1.82) is 0 Å². The third-order valence-corrected chi connectivity index (χ3v) is 6.77. The number of carbonyl (C=O) groups excluding carboxylic acids is 3. The van der Waals surface area contributed by atoms with Crippen molar-refractivity contribution in [3.63, 3.8) is 0 Å². The third kappa shape index (κ3) is 5.12. The van der Waals surface area contributed by atoms with Gasteiger partial charge in [-0.1, -0.05) is 56.8 Å². The molecule has 1 aromatic heterocycles. The van der Waals surface area contributed by atoms with E-state index in [1.54, 1.807) is 6.08 Å². The smallest absolute Gasteiger partial charge is 0.282 e. The van der Waals surface area contributed by atoms with Crippen molar-refractivity contribution in [2.24, 2.45) is 5.84 Å². The number of hydrogen-bond donors (Lipinski definition) is 4. The number of nitrogen functional groups attached to an aromatic ring is 1. The molecule has 0 radical (unpaired) electrons. The van der Waals surface area contributed by atoms with E-state index in [-0.39, 0.29) is 34.8 Å². The summed E-state index contributed by atoms with van der Waals surface area (Å²) in [6, 6.07) is 9.46. The van der Waals surface area contributed by atoms with Crippen LogP contribution in [0.25, 0.3) is 5.57 Å². The summed E-state index contributed by atoms with van der Waals surface area (Å²) in [5, 5.41) is 7.29. The molecule has 6 N–H and O–H groups in total. The highest BCUT2D eigenvalue weighted by Crippen LogP contribution is 2.39. The molecule has 2 aliphatic heterocycles. The number of hydrazine groups is 1. The predicted molar refractivity (Wildman–Crippen MR) is 143 cm³/mol. The highest BCUT2D eigenvalue weighted by atomic mass is 32.2. The first-order chi connectivity index (χ1) is 17.0. The zero-order valence-electron chi connectivity index (χ0n) is 20.8. The minimum absolute atomic E-state index is 0.0373. The number of aromatic nitrogens is 1. The van der Waals surface area contributed by atoms with E-state index < -0.39 is 0 Å². The van der Waals surface area contributed by atoms with Crippen molar-refractivity contribution in [3.8, 4) is 0 Å². The standard InChI is InChI=1S/C25H31N7O3S/c1-15(33)31(26)20-12-16(10-11-28-20)23-22(29-17-8-6-5-7-9-17)21-18(32(23)27)13-30(14-19(21)34)24(35)36-25(2,3)4/h5-10,12,28-29H,11,13-14,26-27H2,1-4H3. The number of amides is 2. The lowest BCUT2D eigenvalue weighted by Crippen LogP contribution is -2.41. The molecular formula is C25H31N7O3S. The van der Waals surface area contributed by atoms with Gasteiger partial charge in [-0.25, -0.2) is 10.9 Å². The average molecular weight is 510 g/mol. The van der Waals surface area contributed by atoms with Gasteiger partial charge in [-0.15, -0.1) is 0 Å². The Morgan fingerprint density at radius 3 is 2.50 bits per heavy atom. The van der Waals surface area contributed by atoms with Gasteiger partial charge in [-0.05, 0) is 18.2 Å². The van der Waals surface area contributed by atoms with Crippen molar-refractivity contribution in [2.75, 3.05) is 24.2 Å². The molecule has 0 spiro atoms. The first-order valence-electron chi connectivity index (χ1n) is 11.5. The molecule has 10 nitrogen and oxygen atoms in total. The largest absolute Gasteiger partial charge is 0.367 e. The Hall–Kier alpha value is -3.70. The van der Waals surface area contributed by atoms with Crippen molar-refractivity contribution in [1.82, 2.24) is 19.9 Å². The molecule has 0 saturated carbocycles. The van der Waals surface area contributed by atoms with Crippen molar-refractivity contribution in [2.45, 2.75) is 39.0 Å². The number of para-hydroxylation sites is 1. The van der Waals surface area contributed by atoms with Gasteiger partial charge >= 0.3 is 0 Å². The van der Waals surface area contributed by atoms with Crippen LogP contribution in [0.1, 0.15) is 49.4 Å². The zero-order chi connectivity index (χ0) is 26.2. The SMILES string of the molecule is CC(=O)N(N)C1=CC(c2c(Nc3ccccc3)c3c(n2N)CN(C(=O)SC(C)(C)C)CC3=O)=CCN1. The molecular weight excluding hydrogens is 478 g/mol. The predicted octanol–water partition coefficient (Wildman–Crippen LogP) is 3.15. The summed E-state index contributed by atoms with van der Waals surface area (Å²) >= 11 is 1.18. The van der Waals surface area contributed by atoms with Crippen LogP contribution in [0.2, 0.25) is 0 Å². The minimum atomic E-state index is -0.333. The topological polar surface area (TPSA) is 139 Å². The fourth-order valence-electron chi connectivity index (χ4n) is 4.12. The lowest BCUT2D eigenvalue weighted by atomic mass is 10.0. The number of hydrogen-bond acceptors (Lipinski definition) is 8. The van der Waals surface area contributed by atoms with E-state index in [0.29, 0.717) is 40.6 Å². The molecule has 190 valence electrons. The summed E-state index contributed by atoms with van der Waals surface area (Å²) in [5.74, 6) is 12.4. The highest BCUT2D eigenvalue weighted by Gasteiger charge is 2.36. The molecule has 2 aromatic rings. The molecule has 0 bridgehead atoms. The lowest BCUT2D eigenvalue weighted by Gasteiger charge is -2.29. The van der Waals surface area contributed by atoms with Gasteiger partial charge in [-0.3, -0.25) is 19.1 Å². The van der Waals surface area contributed by atoms with E-state index in [2.05, 4.69) is 10.6 Å². The Kier molecular flexibility index (Phi) is 6.87. The Balaban J connectivity index is 1.82. The molecule has 0 aliphatic carbocycles. The fraction of sp³-hybridized carbons (Fsp3) is 0.320. The maximum Gasteiger partial charge on any atom is 0.282 e. The molecule has 0 unspecified atom stereocenters. The second-order valence-corrected chi connectivity index (χ2v) is 11.4. The van der Waals surface area contributed by atoms with Crippen LogP contribution in [0.5, 0.6) is 0 Å². The molecule has 4 rings (SSSR count). The summed E-state index contributed by atoms with van der Waals surface area (Å²) in [5.41, 5.74) is 3.57. The van der Waals surface area contributed by atoms with E-state index in [9.17, 15) is 14.4 Å². The van der Waals surface area contributed by atoms with Gasteiger partial charge in [0.25, 0.3) is 5.24 Å². The maximum atomic E-state index is 13.5. The number of ketones is 1. The van der Waals surface area contributed by atoms with Crippen LogP contribution in [0.3, 0.4) is 0 Å². The van der Waals surface area contributed by atoms with Gasteiger partial charge in [0.1, 0.15) is 5.82 Å². The summed E-state index contributed by atoms with van der Waals surface area (Å²) in [7, 11) is 0. The van der Waals surface area contributed by atoms with Crippen LogP contribution in [-0.4, -0.2) is 49.4 Å². The van der Waals surface area contributed by atoms with Gasteiger partial charge in [0.15, 0.2) is 5.78 Å². The number of carbonyl (C=O) groups is 3. The number of benzene rings is 1. The van der Waals surface area contributed by atoms with Crippen LogP contribution in [0.15, 0.2) is 48.3 Å². The molecule has 1 aromatic carbocycles. The normalized spacial score (nSPS) is 15.5. The molecule has 0 fully saturated rings. The third-order valence-electron chi connectivity index (χ3n) is 5.73. The lowest BCUT2D eigenvalue weighted by molar-refractivity contribution is -0.127. The monoisotopic (exact) mass is 509 g/mol. The number of allylic oxidation sites excluding steroid dienone is 2. The molecule has 0 saturated heterocycles. The van der Waals surface area contributed by atoms with E-state index in [0.717, 1.165) is 10.7 Å². The fourth-order valence-corrected chi connectivity index (χ4v) is 4.90. The number of nitrogens with zero attached hydrogens (tertiary/aromatic N) is 3. The second-order valence-electron chi connectivity index (χ2n) is 9.62. The quantitative estimate of drug-likeness (QED) is 0.280. The summed E-state index contributed by atoms with van der Waals surface area (Å²) in [6.45, 7) is 7.79. The Morgan fingerprint density at radius 2 is 1.86 bits per heavy atom. The van der Waals surface area contributed by atoms with E-state index in [1.807, 2.05) is 57.2 Å². The first kappa shape index (κ1) is 25.4. The highest BCUT2D eigenvalue weighted by molar-refractivity contribution is 8.14. The second kappa shape index (κ2) is 9.75. The molecule has 3 heterocycles. The van der Waals surface area contributed by atoms with Crippen LogP contribution in [0, 0.1) is 0 Å². The van der Waals surface area contributed by atoms with Gasteiger partial charge in [0.05, 0.1) is 35.7 Å². The van der Waals surface area contributed by atoms with Gasteiger partial charge in [-0.2, -0.15) is 0 Å². The summed E-state index contributed by atoms with van der Waals surface area (Å²) in [4.78, 5) is 39.8. The number of fused-ring (bicyclic) bond motifs is 1. The minimum Gasteiger partial charge on any atom is -0.367 e. The zero-order valence-corrected chi connectivity index (χ0v) is 21.6. The molecule has 2 amide bonds. The van der Waals surface area contributed by atoms with Crippen molar-refractivity contribution >= 4 is 45.6 Å². The number of nitrogens with one attached hydrogen (secondary N) is 2. The van der Waals surface area contributed by atoms with Gasteiger partial charge in [0, 0.05) is 29.5 Å². The number of nitrogens with two attached hydrogens (primary N) is 2. The van der Waals surface area contributed by atoms with Crippen LogP contribution in [0.4, 0.5) is 16.2 Å². The molecule has 11 heteroatoms. The number of rotatable bonds is 4. The van der Waals surface area contributed by atoms with E-state index in [4.69, 9.17) is 11.7 Å². The van der Waals surface area contributed by atoms with Crippen LogP contribution < -0.4 is 22.3 Å². The van der Waals surface area contributed by atoms with Crippen molar-refractivity contribution in [3.05, 3.63) is 65.3 Å². The van der Waals surface area contributed by atoms with Gasteiger partial charge < -0.3 is 21.4 Å². The van der Waals surface area contributed by atoms with E-state index in [1.165, 1.54) is 28.3 Å². The summed E-state index contributed by atoms with van der Waals surface area (Å²) < 4.78 is 1.17. The van der Waals surface area contributed by atoms with Crippen molar-refractivity contribution < 1.29 is 14.4 Å². The Labute approximate surface area is 214 Å². The van der Waals surface area contributed by atoms with E-state index >= 15 is 0 Å². The van der Waals surface area contributed by atoms with Crippen LogP contribution in [-0.2, 0) is 11.3 Å². The number of Topliss-reactive ketones (excluding diaryl/α,β-unsaturated/α-hetero) is 1. The average Bonchev–Trinajstić information content (AvgIpc) is 3.09. The van der Waals surface area contributed by atoms with Gasteiger partial charge in [0.2, 0.25) is 5.91 Å². The number of dihydropyridines is 1.